The number of carbonyl (C=O) groups excluding carboxylic acids is 1. The number of rotatable bonds is 3. The molecule has 132 valence electrons. The Morgan fingerprint density at radius 1 is 1.08 bits per heavy atom. The second kappa shape index (κ2) is 7.30. The van der Waals surface area contributed by atoms with Gasteiger partial charge in [-0.05, 0) is 43.5 Å². The van der Waals surface area contributed by atoms with Gasteiger partial charge in [0.25, 0.3) is 5.91 Å². The second-order valence-corrected chi connectivity index (χ2v) is 7.73. The first-order valence-corrected chi connectivity index (χ1v) is 9.73. The van der Waals surface area contributed by atoms with Gasteiger partial charge in [-0.25, -0.2) is 0 Å². The van der Waals surface area contributed by atoms with Gasteiger partial charge in [-0.3, -0.25) is 9.69 Å². The van der Waals surface area contributed by atoms with Gasteiger partial charge in [0.15, 0.2) is 0 Å². The number of nitrogens with zero attached hydrogens (tertiary/aromatic N) is 3. The molecule has 1 saturated heterocycles. The zero-order chi connectivity index (χ0) is 17.2. The highest BCUT2D eigenvalue weighted by atomic mass is 79.9. The molecular formula is C19H22BrN3O2. The van der Waals surface area contributed by atoms with Gasteiger partial charge >= 0.3 is 0 Å². The maximum atomic E-state index is 12.6. The molecule has 0 spiro atoms. The van der Waals surface area contributed by atoms with Crippen molar-refractivity contribution in [3.63, 3.8) is 0 Å². The minimum atomic E-state index is 0.117. The Morgan fingerprint density at radius 2 is 1.80 bits per heavy atom. The van der Waals surface area contributed by atoms with Crippen molar-refractivity contribution >= 4 is 21.8 Å². The van der Waals surface area contributed by atoms with Crippen molar-refractivity contribution in [1.82, 2.24) is 15.0 Å². The number of benzene rings is 1. The molecule has 25 heavy (non-hydrogen) atoms. The lowest BCUT2D eigenvalue weighted by molar-refractivity contribution is 0.0625. The molecule has 6 heteroatoms. The molecule has 1 amide bonds. The molecule has 4 rings (SSSR count). The van der Waals surface area contributed by atoms with Crippen molar-refractivity contribution in [2.75, 3.05) is 26.2 Å². The molecule has 2 aliphatic rings. The molecule has 0 N–H and O–H groups in total. The van der Waals surface area contributed by atoms with Crippen LogP contribution in [-0.2, 0) is 19.4 Å². The van der Waals surface area contributed by atoms with E-state index in [1.54, 1.807) is 0 Å². The lowest BCUT2D eigenvalue weighted by Crippen LogP contribution is -2.48. The number of fused-ring (bicyclic) bond motifs is 1. The molecule has 0 radical (unpaired) electrons. The van der Waals surface area contributed by atoms with Crippen LogP contribution in [0.15, 0.2) is 33.3 Å². The van der Waals surface area contributed by atoms with E-state index in [0.717, 1.165) is 67.1 Å². The maximum absolute atomic E-state index is 12.6. The number of hydrogen-bond donors (Lipinski definition) is 0. The molecule has 1 aliphatic heterocycles. The minimum Gasteiger partial charge on any atom is -0.361 e. The van der Waals surface area contributed by atoms with E-state index in [0.29, 0.717) is 0 Å². The van der Waals surface area contributed by atoms with E-state index in [-0.39, 0.29) is 5.91 Å². The van der Waals surface area contributed by atoms with Crippen LogP contribution in [0.3, 0.4) is 0 Å². The highest BCUT2D eigenvalue weighted by molar-refractivity contribution is 9.10. The molecule has 1 aromatic heterocycles. The van der Waals surface area contributed by atoms with Crippen LogP contribution in [0.5, 0.6) is 0 Å². The maximum Gasteiger partial charge on any atom is 0.253 e. The van der Waals surface area contributed by atoms with Gasteiger partial charge in [0.05, 0.1) is 0 Å². The topological polar surface area (TPSA) is 49.6 Å². The van der Waals surface area contributed by atoms with E-state index in [2.05, 4.69) is 26.0 Å². The standard InChI is InChI=1S/C19H22BrN3O2/c20-15-7-5-14(6-8-15)19(24)23-11-9-22(10-12-23)13-17-16-3-1-2-4-18(16)25-21-17/h5-8H,1-4,9-13H2. The third-order valence-electron chi connectivity index (χ3n) is 5.16. The van der Waals surface area contributed by atoms with Crippen LogP contribution in [-0.4, -0.2) is 47.0 Å². The zero-order valence-corrected chi connectivity index (χ0v) is 15.8. The number of hydrogen-bond acceptors (Lipinski definition) is 4. The summed E-state index contributed by atoms with van der Waals surface area (Å²) in [7, 11) is 0. The molecule has 1 aliphatic carbocycles. The highest BCUT2D eigenvalue weighted by Crippen LogP contribution is 2.25. The average molecular weight is 404 g/mol. The average Bonchev–Trinajstić information content (AvgIpc) is 3.06. The molecular weight excluding hydrogens is 382 g/mol. The monoisotopic (exact) mass is 403 g/mol. The fraction of sp³-hybridized carbons (Fsp3) is 0.474. The summed E-state index contributed by atoms with van der Waals surface area (Å²) in [5, 5.41) is 4.30. The van der Waals surface area contributed by atoms with E-state index in [1.165, 1.54) is 18.4 Å². The van der Waals surface area contributed by atoms with Gasteiger partial charge in [0, 0.05) is 54.7 Å². The van der Waals surface area contributed by atoms with Crippen molar-refractivity contribution in [3.05, 3.63) is 51.3 Å². The van der Waals surface area contributed by atoms with Crippen LogP contribution < -0.4 is 0 Å². The van der Waals surface area contributed by atoms with Crippen molar-refractivity contribution in [3.8, 4) is 0 Å². The van der Waals surface area contributed by atoms with Gasteiger partial charge in [-0.2, -0.15) is 0 Å². The first kappa shape index (κ1) is 16.8. The Bertz CT molecular complexity index is 749. The van der Waals surface area contributed by atoms with E-state index in [4.69, 9.17) is 4.52 Å². The van der Waals surface area contributed by atoms with Crippen molar-refractivity contribution in [2.24, 2.45) is 0 Å². The lowest BCUT2D eigenvalue weighted by atomic mass is 9.96. The molecule has 2 aromatic rings. The molecule has 5 nitrogen and oxygen atoms in total. The normalized spacial score (nSPS) is 18.2. The molecule has 1 fully saturated rings. The Morgan fingerprint density at radius 3 is 2.56 bits per heavy atom. The van der Waals surface area contributed by atoms with Gasteiger partial charge in [-0.1, -0.05) is 21.1 Å². The SMILES string of the molecule is O=C(c1ccc(Br)cc1)N1CCN(Cc2noc3c2CCCC3)CC1. The van der Waals surface area contributed by atoms with Crippen LogP contribution in [0, 0.1) is 0 Å². The third kappa shape index (κ3) is 3.65. The number of carbonyl (C=O) groups is 1. The van der Waals surface area contributed by atoms with Gasteiger partial charge in [-0.15, -0.1) is 0 Å². The summed E-state index contributed by atoms with van der Waals surface area (Å²) in [5.74, 6) is 1.20. The molecule has 1 aromatic carbocycles. The first-order valence-electron chi connectivity index (χ1n) is 8.94. The summed E-state index contributed by atoms with van der Waals surface area (Å²) < 4.78 is 6.50. The minimum absolute atomic E-state index is 0.117. The van der Waals surface area contributed by atoms with Gasteiger partial charge in [0.1, 0.15) is 11.5 Å². The Hall–Kier alpha value is -1.66. The lowest BCUT2D eigenvalue weighted by Gasteiger charge is -2.34. The van der Waals surface area contributed by atoms with Crippen LogP contribution in [0.2, 0.25) is 0 Å². The van der Waals surface area contributed by atoms with Crippen molar-refractivity contribution < 1.29 is 9.32 Å². The molecule has 2 heterocycles. The van der Waals surface area contributed by atoms with Crippen LogP contribution in [0.1, 0.15) is 40.2 Å². The predicted octanol–water partition coefficient (Wildman–Crippen LogP) is 3.27. The van der Waals surface area contributed by atoms with E-state index >= 15 is 0 Å². The smallest absolute Gasteiger partial charge is 0.253 e. The number of piperazine rings is 1. The largest absolute Gasteiger partial charge is 0.361 e. The second-order valence-electron chi connectivity index (χ2n) is 6.81. The summed E-state index contributed by atoms with van der Waals surface area (Å²) in [5.41, 5.74) is 3.18. The van der Waals surface area contributed by atoms with Crippen LogP contribution >= 0.6 is 15.9 Å². The van der Waals surface area contributed by atoms with Crippen molar-refractivity contribution in [1.29, 1.82) is 0 Å². The summed E-state index contributed by atoms with van der Waals surface area (Å²) in [6, 6.07) is 7.58. The molecule has 0 saturated carbocycles. The van der Waals surface area contributed by atoms with Crippen molar-refractivity contribution in [2.45, 2.75) is 32.2 Å². The summed E-state index contributed by atoms with van der Waals surface area (Å²) in [4.78, 5) is 16.9. The Labute approximate surface area is 156 Å². The van der Waals surface area contributed by atoms with E-state index in [1.807, 2.05) is 29.2 Å². The first-order chi connectivity index (χ1) is 12.2. The van der Waals surface area contributed by atoms with E-state index in [9.17, 15) is 4.79 Å². The third-order valence-corrected chi connectivity index (χ3v) is 5.68. The molecule has 0 atom stereocenters. The summed E-state index contributed by atoms with van der Waals surface area (Å²) in [6.45, 7) is 4.11. The number of amides is 1. The van der Waals surface area contributed by atoms with Crippen LogP contribution in [0.4, 0.5) is 0 Å². The highest BCUT2D eigenvalue weighted by Gasteiger charge is 2.25. The number of aromatic nitrogens is 1. The fourth-order valence-corrected chi connectivity index (χ4v) is 3.93. The van der Waals surface area contributed by atoms with Gasteiger partial charge < -0.3 is 9.42 Å². The fourth-order valence-electron chi connectivity index (χ4n) is 3.67. The predicted molar refractivity (Wildman–Crippen MR) is 98.5 cm³/mol. The zero-order valence-electron chi connectivity index (χ0n) is 14.2. The Balaban J connectivity index is 1.34. The molecule has 0 unspecified atom stereocenters. The van der Waals surface area contributed by atoms with Crippen LogP contribution in [0.25, 0.3) is 0 Å². The van der Waals surface area contributed by atoms with Gasteiger partial charge in [0.2, 0.25) is 0 Å². The quantitative estimate of drug-likeness (QED) is 0.788. The number of aryl methyl sites for hydroxylation is 1. The Kier molecular flexibility index (Phi) is 4.90. The molecule has 0 bridgehead atoms. The number of halogens is 1. The summed E-state index contributed by atoms with van der Waals surface area (Å²) in [6.07, 6.45) is 4.56. The van der Waals surface area contributed by atoms with E-state index < -0.39 is 0 Å². The summed E-state index contributed by atoms with van der Waals surface area (Å²) >= 11 is 3.41.